The average Bonchev–Trinajstić information content (AvgIpc) is 3.15. The lowest BCUT2D eigenvalue weighted by Gasteiger charge is -2.01. The largest absolute Gasteiger partial charge is 0.507 e. The van der Waals surface area contributed by atoms with Gasteiger partial charge < -0.3 is 9.52 Å². The molecule has 0 fully saturated rings. The van der Waals surface area contributed by atoms with E-state index in [1.807, 2.05) is 25.1 Å². The van der Waals surface area contributed by atoms with Crippen molar-refractivity contribution >= 4 is 34.8 Å². The van der Waals surface area contributed by atoms with E-state index in [1.165, 1.54) is 12.1 Å². The van der Waals surface area contributed by atoms with Crippen LogP contribution in [0.1, 0.15) is 11.1 Å². The maximum atomic E-state index is 10.7. The van der Waals surface area contributed by atoms with E-state index >= 15 is 0 Å². The number of aryl methyl sites for hydroxylation is 1. The third-order valence-electron chi connectivity index (χ3n) is 4.46. The number of rotatable bonds is 5. The van der Waals surface area contributed by atoms with Crippen LogP contribution in [0.25, 0.3) is 28.6 Å². The van der Waals surface area contributed by atoms with Crippen LogP contribution in [0, 0.1) is 17.0 Å². The molecule has 0 saturated heterocycles. The van der Waals surface area contributed by atoms with E-state index < -0.39 is 4.92 Å². The van der Waals surface area contributed by atoms with Crippen molar-refractivity contribution in [1.82, 2.24) is 4.98 Å². The van der Waals surface area contributed by atoms with Crippen LogP contribution in [0.4, 0.5) is 11.4 Å². The summed E-state index contributed by atoms with van der Waals surface area (Å²) < 4.78 is 5.80. The van der Waals surface area contributed by atoms with Gasteiger partial charge in [-0.2, -0.15) is 0 Å². The summed E-state index contributed by atoms with van der Waals surface area (Å²) >= 11 is 0. The normalized spacial score (nSPS) is 11.6. The fourth-order valence-electron chi connectivity index (χ4n) is 2.91. The maximum Gasteiger partial charge on any atom is 0.269 e. The lowest BCUT2D eigenvalue weighted by molar-refractivity contribution is -0.384. The van der Waals surface area contributed by atoms with Gasteiger partial charge in [0.2, 0.25) is 5.89 Å². The summed E-state index contributed by atoms with van der Waals surface area (Å²) in [4.78, 5) is 19.1. The molecule has 0 aliphatic carbocycles. The van der Waals surface area contributed by atoms with Crippen LogP contribution in [-0.2, 0) is 0 Å². The Morgan fingerprint density at radius 1 is 1.10 bits per heavy atom. The SMILES string of the molecule is Cc1ccc2nc(-c3cc(N=C/C=C/c4ccc([N+](=O)[O-])cc4)ccc3O)oc2c1. The number of fused-ring (bicyclic) bond motifs is 1. The minimum atomic E-state index is -0.435. The first-order valence-corrected chi connectivity index (χ1v) is 9.15. The lowest BCUT2D eigenvalue weighted by Crippen LogP contribution is -1.86. The van der Waals surface area contributed by atoms with Crippen molar-refractivity contribution in [1.29, 1.82) is 0 Å². The summed E-state index contributed by atoms with van der Waals surface area (Å²) in [7, 11) is 0. The van der Waals surface area contributed by atoms with Crippen molar-refractivity contribution < 1.29 is 14.4 Å². The van der Waals surface area contributed by atoms with Gasteiger partial charge in [0.25, 0.3) is 5.69 Å². The number of nitro benzene ring substituents is 1. The highest BCUT2D eigenvalue weighted by Gasteiger charge is 2.13. The summed E-state index contributed by atoms with van der Waals surface area (Å²) in [6.07, 6.45) is 5.13. The number of allylic oxidation sites excluding steroid dienone is 1. The van der Waals surface area contributed by atoms with Crippen LogP contribution >= 0.6 is 0 Å². The first-order chi connectivity index (χ1) is 14.5. The molecule has 0 aliphatic rings. The molecular weight excluding hydrogens is 382 g/mol. The number of nitrogens with zero attached hydrogens (tertiary/aromatic N) is 3. The molecule has 7 nitrogen and oxygen atoms in total. The monoisotopic (exact) mass is 399 g/mol. The number of hydrogen-bond acceptors (Lipinski definition) is 6. The molecule has 0 amide bonds. The van der Waals surface area contributed by atoms with E-state index in [0.717, 1.165) is 16.6 Å². The van der Waals surface area contributed by atoms with Crippen molar-refractivity contribution in [2.45, 2.75) is 6.92 Å². The van der Waals surface area contributed by atoms with E-state index in [1.54, 1.807) is 48.7 Å². The number of phenols is 1. The molecule has 1 aromatic heterocycles. The number of nitro groups is 1. The minimum Gasteiger partial charge on any atom is -0.507 e. The molecule has 3 aromatic carbocycles. The van der Waals surface area contributed by atoms with E-state index in [-0.39, 0.29) is 11.4 Å². The fourth-order valence-corrected chi connectivity index (χ4v) is 2.91. The molecule has 1 N–H and O–H groups in total. The van der Waals surface area contributed by atoms with Crippen LogP contribution in [0.15, 0.2) is 76.1 Å². The summed E-state index contributed by atoms with van der Waals surface area (Å²) in [5.41, 5.74) is 4.38. The van der Waals surface area contributed by atoms with Crippen LogP contribution in [0.2, 0.25) is 0 Å². The zero-order valence-corrected chi connectivity index (χ0v) is 16.0. The Kier molecular flexibility index (Phi) is 5.09. The summed E-state index contributed by atoms with van der Waals surface area (Å²) in [6.45, 7) is 1.97. The second-order valence-corrected chi connectivity index (χ2v) is 6.68. The molecule has 0 aliphatic heterocycles. The topological polar surface area (TPSA) is 102 Å². The highest BCUT2D eigenvalue weighted by atomic mass is 16.6. The van der Waals surface area contributed by atoms with Gasteiger partial charge in [-0.3, -0.25) is 15.1 Å². The van der Waals surface area contributed by atoms with Crippen LogP contribution in [-0.4, -0.2) is 21.2 Å². The molecule has 0 unspecified atom stereocenters. The third kappa shape index (κ3) is 4.10. The Balaban J connectivity index is 1.54. The summed E-state index contributed by atoms with van der Waals surface area (Å²) in [5, 5.41) is 20.9. The third-order valence-corrected chi connectivity index (χ3v) is 4.46. The van der Waals surface area contributed by atoms with Gasteiger partial charge in [0.15, 0.2) is 5.58 Å². The summed E-state index contributed by atoms with van der Waals surface area (Å²) in [6, 6.07) is 16.9. The number of non-ortho nitro benzene ring substituents is 1. The number of aromatic nitrogens is 1. The number of oxazole rings is 1. The molecule has 4 aromatic rings. The fraction of sp³-hybridized carbons (Fsp3) is 0.0435. The Bertz CT molecular complexity index is 1290. The van der Waals surface area contributed by atoms with Crippen molar-refractivity contribution in [3.05, 3.63) is 88.0 Å². The Morgan fingerprint density at radius 2 is 1.90 bits per heavy atom. The molecule has 0 radical (unpaired) electrons. The number of aromatic hydroxyl groups is 1. The van der Waals surface area contributed by atoms with Crippen molar-refractivity contribution in [2.75, 3.05) is 0 Å². The Hall–Kier alpha value is -4.26. The van der Waals surface area contributed by atoms with Crippen molar-refractivity contribution in [2.24, 2.45) is 4.99 Å². The summed E-state index contributed by atoms with van der Waals surface area (Å²) in [5.74, 6) is 0.380. The van der Waals surface area contributed by atoms with Gasteiger partial charge in [0.05, 0.1) is 16.2 Å². The number of hydrogen-bond donors (Lipinski definition) is 1. The van der Waals surface area contributed by atoms with E-state index in [4.69, 9.17) is 4.42 Å². The van der Waals surface area contributed by atoms with Crippen LogP contribution < -0.4 is 0 Å². The number of aliphatic imine (C=N–C) groups is 1. The van der Waals surface area contributed by atoms with Crippen molar-refractivity contribution in [3.8, 4) is 17.2 Å². The molecule has 0 atom stereocenters. The molecule has 0 bridgehead atoms. The van der Waals surface area contributed by atoms with Gasteiger partial charge in [0.1, 0.15) is 11.3 Å². The van der Waals surface area contributed by atoms with E-state index in [2.05, 4.69) is 9.98 Å². The van der Waals surface area contributed by atoms with Crippen LogP contribution in [0.5, 0.6) is 5.75 Å². The average molecular weight is 399 g/mol. The Morgan fingerprint density at radius 3 is 2.67 bits per heavy atom. The van der Waals surface area contributed by atoms with Gasteiger partial charge >= 0.3 is 0 Å². The highest BCUT2D eigenvalue weighted by molar-refractivity contribution is 5.82. The predicted octanol–water partition coefficient (Wildman–Crippen LogP) is 5.83. The smallest absolute Gasteiger partial charge is 0.269 e. The lowest BCUT2D eigenvalue weighted by atomic mass is 10.1. The first-order valence-electron chi connectivity index (χ1n) is 9.15. The van der Waals surface area contributed by atoms with Gasteiger partial charge in [-0.05, 0) is 66.6 Å². The maximum absolute atomic E-state index is 10.7. The second-order valence-electron chi connectivity index (χ2n) is 6.68. The molecular formula is C23H17N3O4. The standard InChI is InChI=1S/C23H17N3O4/c1-15-4-10-20-22(13-15)30-23(25-20)19-14-17(7-11-21(19)27)24-12-2-3-16-5-8-18(9-6-16)26(28)29/h2-14,27H,1H3/b3-2+,24-12?. The predicted molar refractivity (Wildman–Crippen MR) is 116 cm³/mol. The Labute approximate surface area is 171 Å². The van der Waals surface area contributed by atoms with Gasteiger partial charge in [0, 0.05) is 18.3 Å². The highest BCUT2D eigenvalue weighted by Crippen LogP contribution is 2.34. The zero-order valence-electron chi connectivity index (χ0n) is 16.0. The molecule has 148 valence electrons. The minimum absolute atomic E-state index is 0.0480. The molecule has 0 spiro atoms. The molecule has 30 heavy (non-hydrogen) atoms. The van der Waals surface area contributed by atoms with Gasteiger partial charge in [-0.25, -0.2) is 4.98 Å². The molecule has 0 saturated carbocycles. The molecule has 7 heteroatoms. The first kappa shape index (κ1) is 19.1. The number of benzene rings is 3. The van der Waals surface area contributed by atoms with Crippen LogP contribution in [0.3, 0.4) is 0 Å². The van der Waals surface area contributed by atoms with E-state index in [9.17, 15) is 15.2 Å². The molecule has 1 heterocycles. The quantitative estimate of drug-likeness (QED) is 0.258. The zero-order chi connectivity index (χ0) is 21.1. The van der Waals surface area contributed by atoms with Gasteiger partial charge in [-0.15, -0.1) is 0 Å². The van der Waals surface area contributed by atoms with E-state index in [0.29, 0.717) is 22.7 Å². The molecule has 4 rings (SSSR count). The second kappa shape index (κ2) is 8.00. The van der Waals surface area contributed by atoms with Gasteiger partial charge in [-0.1, -0.05) is 12.1 Å². The number of phenolic OH excluding ortho intramolecular Hbond substituents is 1. The van der Waals surface area contributed by atoms with Crippen molar-refractivity contribution in [3.63, 3.8) is 0 Å².